The van der Waals surface area contributed by atoms with Gasteiger partial charge in [0, 0.05) is 12.5 Å². The van der Waals surface area contributed by atoms with Crippen LogP contribution in [0.2, 0.25) is 0 Å². The van der Waals surface area contributed by atoms with Gasteiger partial charge in [-0.25, -0.2) is 0 Å². The topological polar surface area (TPSA) is 60.8 Å². The van der Waals surface area contributed by atoms with E-state index in [9.17, 15) is 9.90 Å². The van der Waals surface area contributed by atoms with Crippen molar-refractivity contribution in [1.82, 2.24) is 4.90 Å². The third-order valence-corrected chi connectivity index (χ3v) is 1.89. The molecule has 4 heteroatoms. The van der Waals surface area contributed by atoms with Gasteiger partial charge in [-0.05, 0) is 21.0 Å². The zero-order chi connectivity index (χ0) is 9.72. The third-order valence-electron chi connectivity index (χ3n) is 1.89. The Kier molecular flexibility index (Phi) is 5.04. The summed E-state index contributed by atoms with van der Waals surface area (Å²) in [5.74, 6) is 0. The number of hydrogen-bond acceptors (Lipinski definition) is 4. The zero-order valence-corrected chi connectivity index (χ0v) is 7.77. The van der Waals surface area contributed by atoms with Crippen molar-refractivity contribution in [2.75, 3.05) is 14.1 Å². The van der Waals surface area contributed by atoms with Crippen LogP contribution in [0.4, 0.5) is 0 Å². The quantitative estimate of drug-likeness (QED) is 0.540. The number of nitrogens with zero attached hydrogens (tertiary/aromatic N) is 1. The standard InChI is InChI=1S/C8H17NO3/c1-6(11)8(12)7(4-5-10)9(2)3/h5-8,11-12H,4H2,1-3H3/t6-,7-,8-/m1/s1. The summed E-state index contributed by atoms with van der Waals surface area (Å²) in [5.41, 5.74) is 0. The summed E-state index contributed by atoms with van der Waals surface area (Å²) in [7, 11) is 3.53. The summed E-state index contributed by atoms with van der Waals surface area (Å²) in [6.07, 6.45) is -0.697. The Bertz CT molecular complexity index is 136. The second-order valence-corrected chi connectivity index (χ2v) is 3.16. The minimum absolute atomic E-state index is 0.235. The first-order valence-corrected chi connectivity index (χ1v) is 3.97. The van der Waals surface area contributed by atoms with E-state index in [0.717, 1.165) is 6.29 Å². The molecule has 0 fully saturated rings. The molecule has 0 spiro atoms. The van der Waals surface area contributed by atoms with Crippen molar-refractivity contribution in [3.8, 4) is 0 Å². The first-order chi connectivity index (χ1) is 5.50. The Hall–Kier alpha value is -0.450. The highest BCUT2D eigenvalue weighted by molar-refractivity contribution is 5.50. The molecule has 0 aromatic carbocycles. The van der Waals surface area contributed by atoms with E-state index in [1.54, 1.807) is 19.0 Å². The summed E-state index contributed by atoms with van der Waals surface area (Å²) in [5, 5.41) is 18.5. The van der Waals surface area contributed by atoms with E-state index < -0.39 is 12.2 Å². The number of rotatable bonds is 5. The molecule has 0 unspecified atom stereocenters. The summed E-state index contributed by atoms with van der Waals surface area (Å²) < 4.78 is 0. The highest BCUT2D eigenvalue weighted by Gasteiger charge is 2.24. The number of hydrogen-bond donors (Lipinski definition) is 2. The maximum absolute atomic E-state index is 10.2. The van der Waals surface area contributed by atoms with Gasteiger partial charge in [0.2, 0.25) is 0 Å². The number of aldehydes is 1. The smallest absolute Gasteiger partial charge is 0.121 e. The van der Waals surface area contributed by atoms with Gasteiger partial charge in [0.05, 0.1) is 12.2 Å². The van der Waals surface area contributed by atoms with E-state index in [-0.39, 0.29) is 12.5 Å². The van der Waals surface area contributed by atoms with Crippen molar-refractivity contribution < 1.29 is 15.0 Å². The molecule has 0 aliphatic rings. The van der Waals surface area contributed by atoms with Crippen LogP contribution in [0.25, 0.3) is 0 Å². The fraction of sp³-hybridized carbons (Fsp3) is 0.875. The SMILES string of the molecule is C[C@@H](O)[C@@H](O)[C@@H](CC=O)N(C)C. The first-order valence-electron chi connectivity index (χ1n) is 3.97. The molecule has 0 bridgehead atoms. The molecule has 0 heterocycles. The van der Waals surface area contributed by atoms with Gasteiger partial charge in [0.1, 0.15) is 6.29 Å². The van der Waals surface area contributed by atoms with Crippen LogP contribution in [0.1, 0.15) is 13.3 Å². The normalized spacial score (nSPS) is 18.8. The molecule has 0 aromatic rings. The van der Waals surface area contributed by atoms with Crippen molar-refractivity contribution in [2.45, 2.75) is 31.6 Å². The van der Waals surface area contributed by atoms with Crippen molar-refractivity contribution in [2.24, 2.45) is 0 Å². The molecule has 0 radical (unpaired) electrons. The molecule has 0 aromatic heterocycles. The number of aliphatic hydroxyl groups is 2. The van der Waals surface area contributed by atoms with E-state index in [1.807, 2.05) is 0 Å². The van der Waals surface area contributed by atoms with E-state index in [4.69, 9.17) is 5.11 Å². The molecule has 72 valence electrons. The lowest BCUT2D eigenvalue weighted by Crippen LogP contribution is -2.44. The molecule has 0 amide bonds. The Balaban J connectivity index is 4.18. The van der Waals surface area contributed by atoms with Gasteiger partial charge < -0.3 is 19.9 Å². The molecule has 3 atom stereocenters. The third kappa shape index (κ3) is 3.30. The summed E-state index contributed by atoms with van der Waals surface area (Å²) in [4.78, 5) is 12.0. The van der Waals surface area contributed by atoms with Crippen molar-refractivity contribution in [1.29, 1.82) is 0 Å². The second-order valence-electron chi connectivity index (χ2n) is 3.16. The van der Waals surface area contributed by atoms with Crippen LogP contribution >= 0.6 is 0 Å². The van der Waals surface area contributed by atoms with E-state index in [1.165, 1.54) is 6.92 Å². The van der Waals surface area contributed by atoms with Gasteiger partial charge in [-0.2, -0.15) is 0 Å². The average molecular weight is 175 g/mol. The summed E-state index contributed by atoms with van der Waals surface area (Å²) >= 11 is 0. The average Bonchev–Trinajstić information content (AvgIpc) is 1.98. The molecular weight excluding hydrogens is 158 g/mol. The predicted molar refractivity (Wildman–Crippen MR) is 45.8 cm³/mol. The van der Waals surface area contributed by atoms with Gasteiger partial charge in [-0.1, -0.05) is 0 Å². The molecule has 0 aliphatic carbocycles. The lowest BCUT2D eigenvalue weighted by atomic mass is 10.0. The lowest BCUT2D eigenvalue weighted by Gasteiger charge is -2.28. The van der Waals surface area contributed by atoms with Gasteiger partial charge in [-0.3, -0.25) is 0 Å². The van der Waals surface area contributed by atoms with E-state index >= 15 is 0 Å². The van der Waals surface area contributed by atoms with Crippen molar-refractivity contribution >= 4 is 6.29 Å². The highest BCUT2D eigenvalue weighted by Crippen LogP contribution is 2.07. The Morgan fingerprint density at radius 1 is 1.42 bits per heavy atom. The summed E-state index contributed by atoms with van der Waals surface area (Å²) in [6.45, 7) is 1.51. The Labute approximate surface area is 72.8 Å². The minimum Gasteiger partial charge on any atom is -0.391 e. The second kappa shape index (κ2) is 5.24. The van der Waals surface area contributed by atoms with Crippen molar-refractivity contribution in [3.63, 3.8) is 0 Å². The first kappa shape index (κ1) is 11.6. The van der Waals surface area contributed by atoms with Gasteiger partial charge in [-0.15, -0.1) is 0 Å². The highest BCUT2D eigenvalue weighted by atomic mass is 16.3. The molecule has 0 saturated heterocycles. The van der Waals surface area contributed by atoms with Crippen LogP contribution < -0.4 is 0 Å². The molecule has 0 rings (SSSR count). The minimum atomic E-state index is -0.870. The Morgan fingerprint density at radius 3 is 2.17 bits per heavy atom. The largest absolute Gasteiger partial charge is 0.391 e. The Morgan fingerprint density at radius 2 is 1.92 bits per heavy atom. The number of aliphatic hydroxyl groups excluding tert-OH is 2. The van der Waals surface area contributed by atoms with Crippen LogP contribution in [0.5, 0.6) is 0 Å². The molecule has 4 nitrogen and oxygen atoms in total. The van der Waals surface area contributed by atoms with Crippen LogP contribution in [0.15, 0.2) is 0 Å². The number of carbonyl (C=O) groups excluding carboxylic acids is 1. The van der Waals surface area contributed by atoms with Gasteiger partial charge in [0.25, 0.3) is 0 Å². The fourth-order valence-corrected chi connectivity index (χ4v) is 1.08. The van der Waals surface area contributed by atoms with Crippen LogP contribution in [0.3, 0.4) is 0 Å². The van der Waals surface area contributed by atoms with E-state index in [0.29, 0.717) is 0 Å². The lowest BCUT2D eigenvalue weighted by molar-refractivity contribution is -0.110. The van der Waals surface area contributed by atoms with Crippen molar-refractivity contribution in [3.05, 3.63) is 0 Å². The maximum atomic E-state index is 10.2. The fourth-order valence-electron chi connectivity index (χ4n) is 1.08. The molecule has 12 heavy (non-hydrogen) atoms. The van der Waals surface area contributed by atoms with Crippen LogP contribution in [0, 0.1) is 0 Å². The van der Waals surface area contributed by atoms with Crippen LogP contribution in [-0.2, 0) is 4.79 Å². The monoisotopic (exact) mass is 175 g/mol. The zero-order valence-electron chi connectivity index (χ0n) is 7.77. The summed E-state index contributed by atoms with van der Waals surface area (Å²) in [6, 6.07) is -0.303. The van der Waals surface area contributed by atoms with E-state index in [2.05, 4.69) is 0 Å². The van der Waals surface area contributed by atoms with Crippen LogP contribution in [-0.4, -0.2) is 53.7 Å². The molecule has 2 N–H and O–H groups in total. The van der Waals surface area contributed by atoms with Gasteiger partial charge >= 0.3 is 0 Å². The predicted octanol–water partition coefficient (Wildman–Crippen LogP) is -0.753. The molecule has 0 aliphatic heterocycles. The molecular formula is C8H17NO3. The maximum Gasteiger partial charge on any atom is 0.121 e. The van der Waals surface area contributed by atoms with Gasteiger partial charge in [0.15, 0.2) is 0 Å². The molecule has 0 saturated carbocycles. The number of carbonyl (C=O) groups is 1. The number of likely N-dealkylation sites (N-methyl/N-ethyl adjacent to an activating group) is 1.